The zero-order valence-corrected chi connectivity index (χ0v) is 9.33. The van der Waals surface area contributed by atoms with Crippen LogP contribution in [0.4, 0.5) is 5.95 Å². The smallest absolute Gasteiger partial charge is 0.203 e. The fourth-order valence-electron chi connectivity index (χ4n) is 1.31. The standard InChI is InChI=1S/C11H16N4/c1-4-11(2,3)15-10-13-8-6-5-7-12-9(8)14-10/h5-7H,4H2,1-3H3,(H2,12,13,14,15). The van der Waals surface area contributed by atoms with E-state index in [9.17, 15) is 0 Å². The van der Waals surface area contributed by atoms with Gasteiger partial charge in [0.25, 0.3) is 0 Å². The molecule has 2 aromatic heterocycles. The van der Waals surface area contributed by atoms with Gasteiger partial charge < -0.3 is 10.3 Å². The Morgan fingerprint density at radius 3 is 2.93 bits per heavy atom. The van der Waals surface area contributed by atoms with Crippen LogP contribution in [0.3, 0.4) is 0 Å². The van der Waals surface area contributed by atoms with Crippen molar-refractivity contribution in [3.63, 3.8) is 0 Å². The molecular weight excluding hydrogens is 188 g/mol. The maximum absolute atomic E-state index is 4.37. The van der Waals surface area contributed by atoms with Gasteiger partial charge in [-0.1, -0.05) is 6.92 Å². The Morgan fingerprint density at radius 2 is 2.27 bits per heavy atom. The number of hydrogen-bond acceptors (Lipinski definition) is 3. The van der Waals surface area contributed by atoms with Gasteiger partial charge in [0.05, 0.1) is 5.52 Å². The van der Waals surface area contributed by atoms with Crippen molar-refractivity contribution in [2.45, 2.75) is 32.7 Å². The molecule has 0 unspecified atom stereocenters. The third kappa shape index (κ3) is 2.09. The number of nitrogens with zero attached hydrogens (tertiary/aromatic N) is 2. The van der Waals surface area contributed by atoms with Gasteiger partial charge in [-0.2, -0.15) is 4.98 Å². The first-order valence-electron chi connectivity index (χ1n) is 5.20. The Kier molecular flexibility index (Phi) is 2.34. The van der Waals surface area contributed by atoms with Gasteiger partial charge >= 0.3 is 0 Å². The molecule has 0 saturated carbocycles. The van der Waals surface area contributed by atoms with Crippen molar-refractivity contribution in [3.8, 4) is 0 Å². The summed E-state index contributed by atoms with van der Waals surface area (Å²) in [5.41, 5.74) is 1.77. The first-order chi connectivity index (χ1) is 7.11. The Bertz CT molecular complexity index is 425. The highest BCUT2D eigenvalue weighted by Gasteiger charge is 2.16. The lowest BCUT2D eigenvalue weighted by Gasteiger charge is -2.23. The number of aromatic nitrogens is 3. The van der Waals surface area contributed by atoms with Crippen LogP contribution in [0.2, 0.25) is 0 Å². The summed E-state index contributed by atoms with van der Waals surface area (Å²) in [6, 6.07) is 3.87. The van der Waals surface area contributed by atoms with Crippen LogP contribution in [0.25, 0.3) is 11.2 Å². The quantitative estimate of drug-likeness (QED) is 0.807. The average molecular weight is 204 g/mol. The number of imidazole rings is 1. The first-order valence-corrected chi connectivity index (χ1v) is 5.20. The zero-order valence-electron chi connectivity index (χ0n) is 9.33. The maximum atomic E-state index is 4.37. The Balaban J connectivity index is 2.30. The van der Waals surface area contributed by atoms with E-state index in [4.69, 9.17) is 0 Å². The van der Waals surface area contributed by atoms with Crippen molar-refractivity contribution in [1.29, 1.82) is 0 Å². The lowest BCUT2D eigenvalue weighted by molar-refractivity contribution is 0.543. The molecule has 4 heteroatoms. The number of H-pyrrole nitrogens is 1. The van der Waals surface area contributed by atoms with Crippen LogP contribution >= 0.6 is 0 Å². The van der Waals surface area contributed by atoms with Crippen molar-refractivity contribution in [2.24, 2.45) is 0 Å². The summed E-state index contributed by atoms with van der Waals surface area (Å²) in [4.78, 5) is 11.7. The third-order valence-corrected chi connectivity index (χ3v) is 2.60. The summed E-state index contributed by atoms with van der Waals surface area (Å²) in [6.07, 6.45) is 2.79. The van der Waals surface area contributed by atoms with E-state index in [1.54, 1.807) is 6.20 Å². The average Bonchev–Trinajstić information content (AvgIpc) is 2.58. The number of nitrogens with one attached hydrogen (secondary N) is 2. The third-order valence-electron chi connectivity index (χ3n) is 2.60. The molecule has 0 amide bonds. The maximum Gasteiger partial charge on any atom is 0.203 e. The molecule has 0 aromatic carbocycles. The molecule has 0 spiro atoms. The predicted octanol–water partition coefficient (Wildman–Crippen LogP) is 2.56. The molecule has 0 fully saturated rings. The molecular formula is C11H16N4. The Morgan fingerprint density at radius 1 is 1.47 bits per heavy atom. The summed E-state index contributed by atoms with van der Waals surface area (Å²) in [5, 5.41) is 3.35. The second-order valence-corrected chi connectivity index (χ2v) is 4.32. The second kappa shape index (κ2) is 3.53. The van der Waals surface area contributed by atoms with Gasteiger partial charge in [-0.15, -0.1) is 0 Å². The van der Waals surface area contributed by atoms with Crippen LogP contribution < -0.4 is 5.32 Å². The van der Waals surface area contributed by atoms with Crippen molar-refractivity contribution in [3.05, 3.63) is 18.3 Å². The number of anilines is 1. The van der Waals surface area contributed by atoms with Gasteiger partial charge in [-0.3, -0.25) is 0 Å². The van der Waals surface area contributed by atoms with Gasteiger partial charge in [-0.05, 0) is 32.4 Å². The number of rotatable bonds is 3. The lowest BCUT2D eigenvalue weighted by Crippen LogP contribution is -2.30. The van der Waals surface area contributed by atoms with E-state index in [1.807, 2.05) is 12.1 Å². The van der Waals surface area contributed by atoms with Gasteiger partial charge in [0.1, 0.15) is 0 Å². The fraction of sp³-hybridized carbons (Fsp3) is 0.455. The molecule has 0 bridgehead atoms. The van der Waals surface area contributed by atoms with Gasteiger partial charge in [0.2, 0.25) is 5.95 Å². The van der Waals surface area contributed by atoms with Crippen molar-refractivity contribution in [2.75, 3.05) is 5.32 Å². The normalized spacial score (nSPS) is 11.9. The fourth-order valence-corrected chi connectivity index (χ4v) is 1.31. The van der Waals surface area contributed by atoms with E-state index in [0.29, 0.717) is 0 Å². The number of fused-ring (bicyclic) bond motifs is 1. The molecule has 2 aromatic rings. The minimum Gasteiger partial charge on any atom is -0.351 e. The first kappa shape index (κ1) is 9.96. The summed E-state index contributed by atoms with van der Waals surface area (Å²) < 4.78 is 0. The Labute approximate surface area is 89.1 Å². The summed E-state index contributed by atoms with van der Waals surface area (Å²) >= 11 is 0. The molecule has 0 aliphatic carbocycles. The molecule has 0 aliphatic rings. The second-order valence-electron chi connectivity index (χ2n) is 4.32. The highest BCUT2D eigenvalue weighted by molar-refractivity contribution is 5.72. The lowest BCUT2D eigenvalue weighted by atomic mass is 10.0. The van der Waals surface area contributed by atoms with Crippen molar-refractivity contribution in [1.82, 2.24) is 15.0 Å². The predicted molar refractivity (Wildman–Crippen MR) is 61.9 cm³/mol. The van der Waals surface area contributed by atoms with Crippen LogP contribution in [-0.4, -0.2) is 20.5 Å². The molecule has 15 heavy (non-hydrogen) atoms. The summed E-state index contributed by atoms with van der Waals surface area (Å²) in [5.74, 6) is 0.788. The van der Waals surface area contributed by atoms with Crippen molar-refractivity contribution >= 4 is 17.1 Å². The molecule has 2 rings (SSSR count). The molecule has 0 aliphatic heterocycles. The summed E-state index contributed by atoms with van der Waals surface area (Å²) in [6.45, 7) is 6.44. The number of pyridine rings is 1. The minimum absolute atomic E-state index is 0.0495. The SMILES string of the molecule is CCC(C)(C)Nc1nc2ncccc2[nH]1. The van der Waals surface area contributed by atoms with Crippen molar-refractivity contribution < 1.29 is 0 Å². The van der Waals surface area contributed by atoms with Crippen LogP contribution in [0, 0.1) is 0 Å². The van der Waals surface area contributed by atoms with Gasteiger partial charge in [0.15, 0.2) is 5.65 Å². The van der Waals surface area contributed by atoms with Crippen LogP contribution in [-0.2, 0) is 0 Å². The number of aromatic amines is 1. The van der Waals surface area contributed by atoms with Gasteiger partial charge in [-0.25, -0.2) is 4.98 Å². The topological polar surface area (TPSA) is 53.6 Å². The largest absolute Gasteiger partial charge is 0.351 e. The van der Waals surface area contributed by atoms with E-state index in [2.05, 4.69) is 41.0 Å². The minimum atomic E-state index is 0.0495. The zero-order chi connectivity index (χ0) is 10.9. The monoisotopic (exact) mass is 204 g/mol. The highest BCUT2D eigenvalue weighted by atomic mass is 15.2. The molecule has 2 heterocycles. The molecule has 80 valence electrons. The molecule has 4 nitrogen and oxygen atoms in total. The van der Waals surface area contributed by atoms with E-state index in [-0.39, 0.29) is 5.54 Å². The van der Waals surface area contributed by atoms with Gasteiger partial charge in [0, 0.05) is 11.7 Å². The van der Waals surface area contributed by atoms with E-state index < -0.39 is 0 Å². The van der Waals surface area contributed by atoms with Crippen LogP contribution in [0.1, 0.15) is 27.2 Å². The molecule has 0 atom stereocenters. The molecule has 0 saturated heterocycles. The number of hydrogen-bond donors (Lipinski definition) is 2. The van der Waals surface area contributed by atoms with E-state index in [1.165, 1.54) is 0 Å². The van der Waals surface area contributed by atoms with E-state index in [0.717, 1.165) is 23.5 Å². The Hall–Kier alpha value is -1.58. The van der Waals surface area contributed by atoms with Crippen LogP contribution in [0.5, 0.6) is 0 Å². The highest BCUT2D eigenvalue weighted by Crippen LogP contribution is 2.17. The molecule has 0 radical (unpaired) electrons. The summed E-state index contributed by atoms with van der Waals surface area (Å²) in [7, 11) is 0. The van der Waals surface area contributed by atoms with E-state index >= 15 is 0 Å². The van der Waals surface area contributed by atoms with Crippen LogP contribution in [0.15, 0.2) is 18.3 Å². The molecule has 2 N–H and O–H groups in total.